The predicted octanol–water partition coefficient (Wildman–Crippen LogP) is 1.24. The van der Waals surface area contributed by atoms with E-state index >= 15 is 0 Å². The van der Waals surface area contributed by atoms with E-state index in [0.29, 0.717) is 13.0 Å². The molecular formula is C23H32O8. The molecular weight excluding hydrogens is 404 g/mol. The minimum absolute atomic E-state index is 0.114. The second kappa shape index (κ2) is 8.51. The molecule has 0 bridgehead atoms. The zero-order valence-corrected chi connectivity index (χ0v) is 18.7. The van der Waals surface area contributed by atoms with E-state index in [0.717, 1.165) is 27.8 Å². The molecule has 1 aromatic carbocycles. The number of carbonyl (C=O) groups excluding carboxylic acids is 1. The Morgan fingerprint density at radius 2 is 2.00 bits per heavy atom. The van der Waals surface area contributed by atoms with Crippen molar-refractivity contribution in [3.8, 4) is 0 Å². The lowest BCUT2D eigenvalue weighted by Crippen LogP contribution is -2.75. The Hall–Kier alpha value is -1.39. The third-order valence-electron chi connectivity index (χ3n) is 7.05. The molecule has 8 heteroatoms. The number of aliphatic hydroxyl groups excluding tert-OH is 2. The number of benzene rings is 1. The van der Waals surface area contributed by atoms with Crippen molar-refractivity contribution in [2.75, 3.05) is 34.0 Å². The van der Waals surface area contributed by atoms with Crippen LogP contribution >= 0.6 is 0 Å². The summed E-state index contributed by atoms with van der Waals surface area (Å²) >= 11 is 0. The SMILES string of the molecule is COC1C(CO)OC2(OCCc3c(C)cc4c(c3C)C(=O)[C@@H](C)[C@H]4OC)COC2C1O. The van der Waals surface area contributed by atoms with Gasteiger partial charge in [-0.2, -0.15) is 0 Å². The molecule has 172 valence electrons. The highest BCUT2D eigenvalue weighted by Gasteiger charge is 2.62. The molecule has 0 aromatic heterocycles. The van der Waals surface area contributed by atoms with Crippen molar-refractivity contribution >= 4 is 5.78 Å². The van der Waals surface area contributed by atoms with Gasteiger partial charge in [0.1, 0.15) is 31.0 Å². The summed E-state index contributed by atoms with van der Waals surface area (Å²) in [5.41, 5.74) is 4.83. The molecule has 2 saturated heterocycles. The van der Waals surface area contributed by atoms with Crippen LogP contribution in [0.3, 0.4) is 0 Å². The lowest BCUT2D eigenvalue weighted by atomic mass is 9.88. The molecule has 3 aliphatic rings. The summed E-state index contributed by atoms with van der Waals surface area (Å²) in [7, 11) is 3.10. The van der Waals surface area contributed by atoms with E-state index in [1.807, 2.05) is 26.8 Å². The highest BCUT2D eigenvalue weighted by molar-refractivity contribution is 6.04. The van der Waals surface area contributed by atoms with Gasteiger partial charge in [-0.1, -0.05) is 13.0 Å². The van der Waals surface area contributed by atoms with Crippen LogP contribution in [-0.4, -0.2) is 80.2 Å². The van der Waals surface area contributed by atoms with Gasteiger partial charge in [-0.15, -0.1) is 0 Å². The first-order chi connectivity index (χ1) is 14.8. The largest absolute Gasteiger partial charge is 0.394 e. The van der Waals surface area contributed by atoms with Gasteiger partial charge < -0.3 is 33.9 Å². The van der Waals surface area contributed by atoms with Crippen molar-refractivity contribution in [1.82, 2.24) is 0 Å². The lowest BCUT2D eigenvalue weighted by Gasteiger charge is -2.56. The molecule has 0 radical (unpaired) electrons. The van der Waals surface area contributed by atoms with E-state index in [1.165, 1.54) is 7.11 Å². The molecule has 2 fully saturated rings. The number of rotatable bonds is 7. The lowest BCUT2D eigenvalue weighted by molar-refractivity contribution is -0.441. The zero-order chi connectivity index (χ0) is 22.5. The fraction of sp³-hybridized carbons (Fsp3) is 0.696. The van der Waals surface area contributed by atoms with Crippen LogP contribution in [0.4, 0.5) is 0 Å². The van der Waals surface area contributed by atoms with Gasteiger partial charge in [0.25, 0.3) is 0 Å². The molecule has 1 aromatic rings. The average Bonchev–Trinajstić information content (AvgIpc) is 2.96. The number of ether oxygens (including phenoxy) is 5. The maximum absolute atomic E-state index is 12.8. The van der Waals surface area contributed by atoms with Crippen LogP contribution in [-0.2, 0) is 30.1 Å². The molecule has 5 unspecified atom stereocenters. The summed E-state index contributed by atoms with van der Waals surface area (Å²) in [6.07, 6.45) is -2.65. The summed E-state index contributed by atoms with van der Waals surface area (Å²) in [5, 5.41) is 20.2. The van der Waals surface area contributed by atoms with E-state index in [2.05, 4.69) is 0 Å². The molecule has 2 heterocycles. The molecule has 2 N–H and O–H groups in total. The summed E-state index contributed by atoms with van der Waals surface area (Å²) in [6.45, 7) is 6.11. The minimum atomic E-state index is -1.11. The van der Waals surface area contributed by atoms with Gasteiger partial charge in [-0.05, 0) is 42.5 Å². The second-order valence-electron chi connectivity index (χ2n) is 8.74. The summed E-state index contributed by atoms with van der Waals surface area (Å²) in [4.78, 5) is 12.8. The highest BCUT2D eigenvalue weighted by atomic mass is 16.8. The van der Waals surface area contributed by atoms with Crippen molar-refractivity contribution < 1.29 is 38.7 Å². The Balaban J connectivity index is 1.50. The van der Waals surface area contributed by atoms with Crippen molar-refractivity contribution in [2.45, 2.75) is 63.5 Å². The Bertz CT molecular complexity index is 852. The first kappa shape index (κ1) is 22.8. The quantitative estimate of drug-likeness (QED) is 0.658. The number of methoxy groups -OCH3 is 2. The fourth-order valence-electron chi connectivity index (χ4n) is 5.36. The van der Waals surface area contributed by atoms with E-state index < -0.39 is 30.2 Å². The van der Waals surface area contributed by atoms with Crippen LogP contribution in [0.2, 0.25) is 0 Å². The Morgan fingerprint density at radius 3 is 2.58 bits per heavy atom. The number of carbonyl (C=O) groups is 1. The number of hydrogen-bond donors (Lipinski definition) is 2. The van der Waals surface area contributed by atoms with E-state index in [-0.39, 0.29) is 31.0 Å². The zero-order valence-electron chi connectivity index (χ0n) is 18.7. The first-order valence-electron chi connectivity index (χ1n) is 10.7. The van der Waals surface area contributed by atoms with Crippen LogP contribution < -0.4 is 0 Å². The molecule has 31 heavy (non-hydrogen) atoms. The van der Waals surface area contributed by atoms with Crippen molar-refractivity contribution in [3.05, 3.63) is 33.9 Å². The van der Waals surface area contributed by atoms with Crippen molar-refractivity contribution in [2.24, 2.45) is 5.92 Å². The van der Waals surface area contributed by atoms with Gasteiger partial charge in [0.2, 0.25) is 5.79 Å². The second-order valence-corrected chi connectivity index (χ2v) is 8.74. The molecule has 0 amide bonds. The van der Waals surface area contributed by atoms with Crippen molar-refractivity contribution in [3.63, 3.8) is 0 Å². The average molecular weight is 437 g/mol. The van der Waals surface area contributed by atoms with Crippen LogP contribution in [0.25, 0.3) is 0 Å². The van der Waals surface area contributed by atoms with Gasteiger partial charge in [-0.3, -0.25) is 4.79 Å². The summed E-state index contributed by atoms with van der Waals surface area (Å²) < 4.78 is 28.5. The molecule has 0 saturated carbocycles. The topological polar surface area (TPSA) is 104 Å². The maximum atomic E-state index is 12.8. The number of fused-ring (bicyclic) bond motifs is 2. The van der Waals surface area contributed by atoms with Crippen LogP contribution in [0.15, 0.2) is 6.07 Å². The number of Topliss-reactive ketones (excluding diaryl/α,β-unsaturated/α-hetero) is 1. The Kier molecular flexibility index (Phi) is 6.26. The molecule has 1 aliphatic carbocycles. The van der Waals surface area contributed by atoms with Crippen LogP contribution in [0.1, 0.15) is 45.6 Å². The molecule has 4 rings (SSSR count). The van der Waals surface area contributed by atoms with Gasteiger partial charge in [-0.25, -0.2) is 0 Å². The number of ketones is 1. The number of aliphatic hydroxyl groups is 2. The smallest absolute Gasteiger partial charge is 0.222 e. The highest BCUT2D eigenvalue weighted by Crippen LogP contribution is 2.43. The summed E-state index contributed by atoms with van der Waals surface area (Å²) in [6, 6.07) is 2.05. The standard InChI is InChI=1S/C23H32O8/c1-11-8-15-17(18(25)13(3)20(15)27-4)12(2)14(11)6-7-30-23-10-29-22(23)19(26)21(28-5)16(9-24)31-23/h8,13,16,19-22,24,26H,6-7,9-10H2,1-5H3/t13-,16?,19?,20-,21?,22?,23?/m1/s1. The molecule has 8 nitrogen and oxygen atoms in total. The molecule has 7 atom stereocenters. The van der Waals surface area contributed by atoms with Gasteiger partial charge in [0.15, 0.2) is 5.78 Å². The molecule has 0 spiro atoms. The molecule has 2 aliphatic heterocycles. The first-order valence-corrected chi connectivity index (χ1v) is 10.7. The third-order valence-corrected chi connectivity index (χ3v) is 7.05. The Morgan fingerprint density at radius 1 is 1.26 bits per heavy atom. The Labute approximate surface area is 182 Å². The predicted molar refractivity (Wildman–Crippen MR) is 110 cm³/mol. The normalized spacial score (nSPS) is 36.8. The maximum Gasteiger partial charge on any atom is 0.222 e. The van der Waals surface area contributed by atoms with Crippen LogP contribution in [0, 0.1) is 19.8 Å². The van der Waals surface area contributed by atoms with Crippen molar-refractivity contribution in [1.29, 1.82) is 0 Å². The van der Waals surface area contributed by atoms with E-state index in [9.17, 15) is 15.0 Å². The fourth-order valence-corrected chi connectivity index (χ4v) is 5.36. The van der Waals surface area contributed by atoms with Gasteiger partial charge in [0.05, 0.1) is 25.2 Å². The van der Waals surface area contributed by atoms with Crippen LogP contribution in [0.5, 0.6) is 0 Å². The van der Waals surface area contributed by atoms with Gasteiger partial charge in [0, 0.05) is 19.8 Å². The monoisotopic (exact) mass is 436 g/mol. The van der Waals surface area contributed by atoms with E-state index in [1.54, 1.807) is 7.11 Å². The van der Waals surface area contributed by atoms with E-state index in [4.69, 9.17) is 23.7 Å². The van der Waals surface area contributed by atoms with Gasteiger partial charge >= 0.3 is 0 Å². The number of hydrogen-bond acceptors (Lipinski definition) is 8. The number of aryl methyl sites for hydroxylation is 1. The summed E-state index contributed by atoms with van der Waals surface area (Å²) in [5.74, 6) is -1.19. The third kappa shape index (κ3) is 3.45. The minimum Gasteiger partial charge on any atom is -0.394 e.